The van der Waals surface area contributed by atoms with Crippen molar-refractivity contribution >= 4 is 6.09 Å². The zero-order valence-corrected chi connectivity index (χ0v) is 10.9. The van der Waals surface area contributed by atoms with E-state index in [1.54, 1.807) is 0 Å². The number of amides is 1. The van der Waals surface area contributed by atoms with Crippen LogP contribution in [0.2, 0.25) is 0 Å². The van der Waals surface area contributed by atoms with E-state index in [0.29, 0.717) is 17.9 Å². The quantitative estimate of drug-likeness (QED) is 0.809. The summed E-state index contributed by atoms with van der Waals surface area (Å²) in [5.74, 6) is 0.509. The standard InChI is InChI=1S/C13H22FNO2/c1-12(2,3)17-11(16)15-8-9-4-13(5-9)6-10(14)7-13/h9-10H,4-8H2,1-3H3,(H,15,16). The summed E-state index contributed by atoms with van der Waals surface area (Å²) in [6.07, 6.45) is 2.66. The van der Waals surface area contributed by atoms with Gasteiger partial charge in [0.2, 0.25) is 0 Å². The monoisotopic (exact) mass is 243 g/mol. The third-order valence-electron chi connectivity index (χ3n) is 3.69. The van der Waals surface area contributed by atoms with Gasteiger partial charge in [0.15, 0.2) is 0 Å². The van der Waals surface area contributed by atoms with Crippen LogP contribution in [0.1, 0.15) is 46.5 Å². The largest absolute Gasteiger partial charge is 0.444 e. The first-order chi connectivity index (χ1) is 7.78. The van der Waals surface area contributed by atoms with Crippen LogP contribution in [0, 0.1) is 11.3 Å². The Morgan fingerprint density at radius 1 is 1.35 bits per heavy atom. The fraction of sp³-hybridized carbons (Fsp3) is 0.923. The zero-order chi connectivity index (χ0) is 12.7. The van der Waals surface area contributed by atoms with Gasteiger partial charge in [0.05, 0.1) is 0 Å². The van der Waals surface area contributed by atoms with E-state index in [0.717, 1.165) is 25.7 Å². The number of alkyl halides is 1. The van der Waals surface area contributed by atoms with Crippen molar-refractivity contribution in [3.8, 4) is 0 Å². The van der Waals surface area contributed by atoms with Gasteiger partial charge in [-0.25, -0.2) is 9.18 Å². The van der Waals surface area contributed by atoms with Crippen LogP contribution in [0.15, 0.2) is 0 Å². The number of carbonyl (C=O) groups is 1. The zero-order valence-electron chi connectivity index (χ0n) is 10.9. The summed E-state index contributed by atoms with van der Waals surface area (Å²) in [5.41, 5.74) is -0.153. The van der Waals surface area contributed by atoms with Crippen LogP contribution in [0.5, 0.6) is 0 Å². The Bertz CT molecular complexity index is 297. The second-order valence-electron chi connectivity index (χ2n) is 6.66. The molecule has 0 aromatic carbocycles. The maximum Gasteiger partial charge on any atom is 0.407 e. The van der Waals surface area contributed by atoms with Crippen molar-refractivity contribution in [2.24, 2.45) is 11.3 Å². The third kappa shape index (κ3) is 3.11. The predicted octanol–water partition coefficient (Wildman–Crippen LogP) is 3.04. The highest BCUT2D eigenvalue weighted by molar-refractivity contribution is 5.67. The van der Waals surface area contributed by atoms with Crippen LogP contribution in [-0.4, -0.2) is 24.4 Å². The lowest BCUT2D eigenvalue weighted by molar-refractivity contribution is -0.0780. The third-order valence-corrected chi connectivity index (χ3v) is 3.69. The molecule has 1 N–H and O–H groups in total. The minimum Gasteiger partial charge on any atom is -0.444 e. The summed E-state index contributed by atoms with van der Waals surface area (Å²) in [6.45, 7) is 6.20. The average molecular weight is 243 g/mol. The molecule has 0 radical (unpaired) electrons. The van der Waals surface area contributed by atoms with Gasteiger partial charge >= 0.3 is 6.09 Å². The molecule has 0 unspecified atom stereocenters. The molecule has 2 saturated carbocycles. The molecule has 0 heterocycles. The van der Waals surface area contributed by atoms with Gasteiger partial charge in [-0.2, -0.15) is 0 Å². The first-order valence-electron chi connectivity index (χ1n) is 6.39. The van der Waals surface area contributed by atoms with E-state index in [4.69, 9.17) is 4.74 Å². The van der Waals surface area contributed by atoms with Gasteiger partial charge in [-0.15, -0.1) is 0 Å². The molecule has 0 aromatic rings. The smallest absolute Gasteiger partial charge is 0.407 e. The van der Waals surface area contributed by atoms with E-state index in [2.05, 4.69) is 5.32 Å². The topological polar surface area (TPSA) is 38.3 Å². The van der Waals surface area contributed by atoms with Crippen molar-refractivity contribution in [1.29, 1.82) is 0 Å². The summed E-state index contributed by atoms with van der Waals surface area (Å²) in [7, 11) is 0. The Hall–Kier alpha value is -0.800. The van der Waals surface area contributed by atoms with Gasteiger partial charge < -0.3 is 10.1 Å². The van der Waals surface area contributed by atoms with E-state index in [1.807, 2.05) is 20.8 Å². The van der Waals surface area contributed by atoms with Crippen molar-refractivity contribution in [3.63, 3.8) is 0 Å². The lowest BCUT2D eigenvalue weighted by atomic mass is 9.51. The number of hydrogen-bond acceptors (Lipinski definition) is 2. The number of alkyl carbamates (subject to hydrolysis) is 1. The fourth-order valence-electron chi connectivity index (χ4n) is 3.06. The second-order valence-corrected chi connectivity index (χ2v) is 6.66. The molecule has 17 heavy (non-hydrogen) atoms. The number of rotatable bonds is 2. The molecule has 1 spiro atoms. The normalized spacial score (nSPS) is 36.0. The highest BCUT2D eigenvalue weighted by Gasteiger charge is 2.52. The van der Waals surface area contributed by atoms with Crippen LogP contribution >= 0.6 is 0 Å². The van der Waals surface area contributed by atoms with Crippen LogP contribution < -0.4 is 5.32 Å². The van der Waals surface area contributed by atoms with Crippen LogP contribution in [-0.2, 0) is 4.74 Å². The summed E-state index contributed by atoms with van der Waals surface area (Å²) in [4.78, 5) is 11.4. The van der Waals surface area contributed by atoms with Gasteiger partial charge in [0.1, 0.15) is 11.8 Å². The molecule has 2 fully saturated rings. The maximum absolute atomic E-state index is 12.8. The van der Waals surface area contributed by atoms with Gasteiger partial charge in [-0.05, 0) is 57.8 Å². The molecule has 0 atom stereocenters. The summed E-state index contributed by atoms with van der Waals surface area (Å²) < 4.78 is 17.9. The molecule has 3 nitrogen and oxygen atoms in total. The summed E-state index contributed by atoms with van der Waals surface area (Å²) in [5, 5.41) is 2.78. The molecular formula is C13H22FNO2. The van der Waals surface area contributed by atoms with Crippen LogP contribution in [0.3, 0.4) is 0 Å². The number of carbonyl (C=O) groups excluding carboxylic acids is 1. The van der Waals surface area contributed by atoms with E-state index < -0.39 is 11.8 Å². The Morgan fingerprint density at radius 2 is 1.94 bits per heavy atom. The molecule has 98 valence electrons. The number of halogens is 1. The Labute approximate surface area is 102 Å². The number of hydrogen-bond donors (Lipinski definition) is 1. The minimum atomic E-state index is -0.574. The Kier molecular flexibility index (Phi) is 3.08. The number of nitrogens with one attached hydrogen (secondary N) is 1. The molecule has 0 aromatic heterocycles. The van der Waals surface area contributed by atoms with Crippen molar-refractivity contribution in [2.45, 2.75) is 58.2 Å². The molecule has 0 saturated heterocycles. The van der Waals surface area contributed by atoms with Gasteiger partial charge in [-0.3, -0.25) is 0 Å². The molecule has 2 aliphatic carbocycles. The Balaban J connectivity index is 1.60. The molecular weight excluding hydrogens is 221 g/mol. The lowest BCUT2D eigenvalue weighted by Gasteiger charge is -2.55. The van der Waals surface area contributed by atoms with Crippen molar-refractivity contribution < 1.29 is 13.9 Å². The molecule has 4 heteroatoms. The first-order valence-corrected chi connectivity index (χ1v) is 6.39. The van der Waals surface area contributed by atoms with Crippen molar-refractivity contribution in [3.05, 3.63) is 0 Å². The predicted molar refractivity (Wildman–Crippen MR) is 63.5 cm³/mol. The lowest BCUT2D eigenvalue weighted by Crippen LogP contribution is -2.51. The average Bonchev–Trinajstić information content (AvgIpc) is 2.03. The molecule has 0 bridgehead atoms. The number of ether oxygens (including phenoxy) is 1. The van der Waals surface area contributed by atoms with Gasteiger partial charge in [0, 0.05) is 6.54 Å². The highest BCUT2D eigenvalue weighted by atomic mass is 19.1. The van der Waals surface area contributed by atoms with E-state index in [1.165, 1.54) is 0 Å². The maximum atomic E-state index is 12.8. The van der Waals surface area contributed by atoms with E-state index >= 15 is 0 Å². The molecule has 0 aliphatic heterocycles. The first kappa shape index (κ1) is 12.7. The van der Waals surface area contributed by atoms with Crippen molar-refractivity contribution in [2.75, 3.05) is 6.54 Å². The molecule has 1 amide bonds. The van der Waals surface area contributed by atoms with Crippen molar-refractivity contribution in [1.82, 2.24) is 5.32 Å². The summed E-state index contributed by atoms with van der Waals surface area (Å²) in [6, 6.07) is 0. The van der Waals surface area contributed by atoms with E-state index in [9.17, 15) is 9.18 Å². The summed E-state index contributed by atoms with van der Waals surface area (Å²) >= 11 is 0. The Morgan fingerprint density at radius 3 is 2.41 bits per heavy atom. The van der Waals surface area contributed by atoms with Gasteiger partial charge in [0.25, 0.3) is 0 Å². The fourth-order valence-corrected chi connectivity index (χ4v) is 3.06. The highest BCUT2D eigenvalue weighted by Crippen LogP contribution is 2.59. The van der Waals surface area contributed by atoms with Gasteiger partial charge in [-0.1, -0.05) is 0 Å². The second kappa shape index (κ2) is 4.14. The van der Waals surface area contributed by atoms with Crippen LogP contribution in [0.25, 0.3) is 0 Å². The molecule has 2 aliphatic rings. The molecule has 2 rings (SSSR count). The SMILES string of the molecule is CC(C)(C)OC(=O)NCC1CC2(CC(F)C2)C1. The minimum absolute atomic E-state index is 0.291. The van der Waals surface area contributed by atoms with E-state index in [-0.39, 0.29) is 6.09 Å². The van der Waals surface area contributed by atoms with Crippen LogP contribution in [0.4, 0.5) is 9.18 Å².